The van der Waals surface area contributed by atoms with Crippen LogP contribution < -0.4 is 4.90 Å². The number of hydrogen-bond acceptors (Lipinski definition) is 3. The topological polar surface area (TPSA) is 25.4 Å². The van der Waals surface area contributed by atoms with Gasteiger partial charge in [0.1, 0.15) is 5.82 Å². The molecule has 0 saturated carbocycles. The molecule has 3 nitrogen and oxygen atoms in total. The number of methoxy groups -OCH3 is 1. The van der Waals surface area contributed by atoms with Crippen molar-refractivity contribution in [1.82, 2.24) is 4.98 Å². The minimum absolute atomic E-state index is 0.313. The minimum atomic E-state index is 0.313. The first kappa shape index (κ1) is 13.3. The molecular formula is C12H19ClN2O. The van der Waals surface area contributed by atoms with Crippen LogP contribution in [0.15, 0.2) is 18.3 Å². The molecule has 90 valence electrons. The molecule has 1 unspecified atom stereocenters. The molecule has 0 bridgehead atoms. The van der Waals surface area contributed by atoms with Crippen LogP contribution in [0.1, 0.15) is 19.4 Å². The molecule has 16 heavy (non-hydrogen) atoms. The third kappa shape index (κ3) is 3.35. The summed E-state index contributed by atoms with van der Waals surface area (Å²) in [5, 5.41) is 0. The fourth-order valence-corrected chi connectivity index (χ4v) is 1.90. The van der Waals surface area contributed by atoms with Crippen molar-refractivity contribution in [2.45, 2.75) is 25.8 Å². The van der Waals surface area contributed by atoms with E-state index in [-0.39, 0.29) is 0 Å². The van der Waals surface area contributed by atoms with Crippen LogP contribution in [0.2, 0.25) is 0 Å². The number of pyridine rings is 1. The van der Waals surface area contributed by atoms with Crippen molar-refractivity contribution < 1.29 is 4.74 Å². The Kier molecular flexibility index (Phi) is 5.56. The molecule has 1 rings (SSSR count). The smallest absolute Gasteiger partial charge is 0.129 e. The van der Waals surface area contributed by atoms with E-state index in [0.717, 1.165) is 17.9 Å². The maximum atomic E-state index is 5.82. The number of ether oxygens (including phenoxy) is 1. The van der Waals surface area contributed by atoms with Crippen LogP contribution in [0.25, 0.3) is 0 Å². The van der Waals surface area contributed by atoms with Gasteiger partial charge >= 0.3 is 0 Å². The second-order valence-corrected chi connectivity index (χ2v) is 4.01. The van der Waals surface area contributed by atoms with Crippen molar-refractivity contribution in [3.63, 3.8) is 0 Å². The molecule has 0 aliphatic rings. The van der Waals surface area contributed by atoms with Gasteiger partial charge in [0.25, 0.3) is 0 Å². The van der Waals surface area contributed by atoms with Crippen molar-refractivity contribution >= 4 is 17.4 Å². The summed E-state index contributed by atoms with van der Waals surface area (Å²) in [6, 6.07) is 4.28. The average Bonchev–Trinajstić information content (AvgIpc) is 2.31. The lowest BCUT2D eigenvalue weighted by molar-refractivity contribution is 0.181. The largest absolute Gasteiger partial charge is 0.383 e. The maximum Gasteiger partial charge on any atom is 0.129 e. The van der Waals surface area contributed by atoms with Gasteiger partial charge in [-0.15, -0.1) is 11.6 Å². The minimum Gasteiger partial charge on any atom is -0.383 e. The van der Waals surface area contributed by atoms with Gasteiger partial charge in [0.05, 0.1) is 12.6 Å². The SMILES string of the molecule is CCN(c1cc(CCl)ccn1)C(C)COC. The summed E-state index contributed by atoms with van der Waals surface area (Å²) in [6.07, 6.45) is 1.80. The molecule has 0 aromatic carbocycles. The lowest BCUT2D eigenvalue weighted by Crippen LogP contribution is -2.36. The van der Waals surface area contributed by atoms with Crippen LogP contribution in [-0.4, -0.2) is 31.3 Å². The number of halogens is 1. The first-order chi connectivity index (χ1) is 7.72. The Balaban J connectivity index is 2.85. The first-order valence-corrected chi connectivity index (χ1v) is 6.02. The average molecular weight is 243 g/mol. The van der Waals surface area contributed by atoms with Gasteiger partial charge in [0.15, 0.2) is 0 Å². The predicted molar refractivity (Wildman–Crippen MR) is 68.2 cm³/mol. The number of anilines is 1. The number of aromatic nitrogens is 1. The van der Waals surface area contributed by atoms with E-state index in [1.165, 1.54) is 0 Å². The quantitative estimate of drug-likeness (QED) is 0.718. The lowest BCUT2D eigenvalue weighted by atomic mass is 10.2. The molecule has 0 saturated heterocycles. The van der Waals surface area contributed by atoms with Gasteiger partial charge in [-0.05, 0) is 31.5 Å². The maximum absolute atomic E-state index is 5.82. The second kappa shape index (κ2) is 6.71. The molecule has 4 heteroatoms. The summed E-state index contributed by atoms with van der Waals surface area (Å²) >= 11 is 5.82. The Labute approximate surface area is 102 Å². The Morgan fingerprint density at radius 1 is 1.56 bits per heavy atom. The highest BCUT2D eigenvalue weighted by atomic mass is 35.5. The molecule has 0 amide bonds. The molecule has 1 heterocycles. The van der Waals surface area contributed by atoms with E-state index in [1.807, 2.05) is 12.1 Å². The zero-order valence-corrected chi connectivity index (χ0v) is 10.9. The molecule has 1 aromatic rings. The van der Waals surface area contributed by atoms with E-state index in [0.29, 0.717) is 18.5 Å². The van der Waals surface area contributed by atoms with Gasteiger partial charge in [-0.25, -0.2) is 4.98 Å². The summed E-state index contributed by atoms with van der Waals surface area (Å²) in [6.45, 7) is 5.84. The summed E-state index contributed by atoms with van der Waals surface area (Å²) in [7, 11) is 1.72. The van der Waals surface area contributed by atoms with Gasteiger partial charge in [0.2, 0.25) is 0 Å². The monoisotopic (exact) mass is 242 g/mol. The number of nitrogens with zero attached hydrogens (tertiary/aromatic N) is 2. The second-order valence-electron chi connectivity index (χ2n) is 3.75. The number of alkyl halides is 1. The Morgan fingerprint density at radius 3 is 2.88 bits per heavy atom. The highest BCUT2D eigenvalue weighted by Crippen LogP contribution is 2.16. The summed E-state index contributed by atoms with van der Waals surface area (Å²) in [5.41, 5.74) is 1.09. The zero-order valence-electron chi connectivity index (χ0n) is 10.1. The van der Waals surface area contributed by atoms with E-state index in [9.17, 15) is 0 Å². The van der Waals surface area contributed by atoms with Gasteiger partial charge < -0.3 is 9.64 Å². The van der Waals surface area contributed by atoms with E-state index < -0.39 is 0 Å². The Bertz CT molecular complexity index is 320. The van der Waals surface area contributed by atoms with Gasteiger partial charge in [-0.1, -0.05) is 0 Å². The highest BCUT2D eigenvalue weighted by molar-refractivity contribution is 6.17. The standard InChI is InChI=1S/C12H19ClN2O/c1-4-15(10(2)9-16-3)12-7-11(8-13)5-6-14-12/h5-7,10H,4,8-9H2,1-3H3. The van der Waals surface area contributed by atoms with Crippen molar-refractivity contribution in [2.75, 3.05) is 25.2 Å². The van der Waals surface area contributed by atoms with E-state index >= 15 is 0 Å². The van der Waals surface area contributed by atoms with Crippen LogP contribution in [-0.2, 0) is 10.6 Å². The van der Waals surface area contributed by atoms with Crippen molar-refractivity contribution in [3.05, 3.63) is 23.9 Å². The molecule has 0 fully saturated rings. The molecule has 1 atom stereocenters. The van der Waals surface area contributed by atoms with Crippen molar-refractivity contribution in [1.29, 1.82) is 0 Å². The third-order valence-corrected chi connectivity index (χ3v) is 2.85. The van der Waals surface area contributed by atoms with Crippen molar-refractivity contribution in [2.24, 2.45) is 0 Å². The van der Waals surface area contributed by atoms with Crippen molar-refractivity contribution in [3.8, 4) is 0 Å². The molecule has 0 N–H and O–H groups in total. The number of rotatable bonds is 6. The summed E-state index contributed by atoms with van der Waals surface area (Å²) < 4.78 is 5.17. The third-order valence-electron chi connectivity index (χ3n) is 2.54. The fraction of sp³-hybridized carbons (Fsp3) is 0.583. The molecular weight excluding hydrogens is 224 g/mol. The Morgan fingerprint density at radius 2 is 2.31 bits per heavy atom. The molecule has 0 aliphatic carbocycles. The molecule has 0 aliphatic heterocycles. The Hall–Kier alpha value is -0.800. The summed E-state index contributed by atoms with van der Waals surface area (Å²) in [4.78, 5) is 6.58. The van der Waals surface area contributed by atoms with Crippen LogP contribution in [0.3, 0.4) is 0 Å². The van der Waals surface area contributed by atoms with Gasteiger partial charge in [-0.2, -0.15) is 0 Å². The lowest BCUT2D eigenvalue weighted by Gasteiger charge is -2.28. The number of likely N-dealkylation sites (N-methyl/N-ethyl adjacent to an activating group) is 1. The highest BCUT2D eigenvalue weighted by Gasteiger charge is 2.13. The van der Waals surface area contributed by atoms with Gasteiger partial charge in [0, 0.05) is 25.7 Å². The van der Waals surface area contributed by atoms with Crippen LogP contribution >= 0.6 is 11.6 Å². The van der Waals surface area contributed by atoms with Gasteiger partial charge in [-0.3, -0.25) is 0 Å². The molecule has 1 aromatic heterocycles. The first-order valence-electron chi connectivity index (χ1n) is 5.49. The predicted octanol–water partition coefficient (Wildman–Crippen LogP) is 2.68. The van der Waals surface area contributed by atoms with Crippen LogP contribution in [0, 0.1) is 0 Å². The zero-order chi connectivity index (χ0) is 12.0. The van der Waals surface area contributed by atoms with E-state index in [4.69, 9.17) is 16.3 Å². The fourth-order valence-electron chi connectivity index (χ4n) is 1.73. The van der Waals surface area contributed by atoms with E-state index in [1.54, 1.807) is 13.3 Å². The van der Waals surface area contributed by atoms with Crippen LogP contribution in [0.4, 0.5) is 5.82 Å². The number of hydrogen-bond donors (Lipinski definition) is 0. The summed E-state index contributed by atoms with van der Waals surface area (Å²) in [5.74, 6) is 1.48. The van der Waals surface area contributed by atoms with Crippen LogP contribution in [0.5, 0.6) is 0 Å². The normalized spacial score (nSPS) is 12.5. The van der Waals surface area contributed by atoms with E-state index in [2.05, 4.69) is 23.7 Å². The molecule has 0 radical (unpaired) electrons. The molecule has 0 spiro atoms.